The number of urea groups is 1. The average molecular weight is 413 g/mol. The molecule has 3 heterocycles. The lowest BCUT2D eigenvalue weighted by Gasteiger charge is -2.08. The Morgan fingerprint density at radius 3 is 2.77 bits per heavy atom. The number of anilines is 1. The predicted molar refractivity (Wildman–Crippen MR) is 121 cm³/mol. The van der Waals surface area contributed by atoms with Crippen molar-refractivity contribution in [2.45, 2.75) is 19.8 Å². The number of aromatic nitrogens is 3. The Morgan fingerprint density at radius 1 is 1.06 bits per heavy atom. The van der Waals surface area contributed by atoms with Crippen LogP contribution in [0.1, 0.15) is 35.7 Å². The second kappa shape index (κ2) is 9.21. The molecule has 0 atom stereocenters. The van der Waals surface area contributed by atoms with E-state index in [1.54, 1.807) is 49.1 Å². The molecule has 0 aliphatic rings. The van der Waals surface area contributed by atoms with Crippen LogP contribution in [0.3, 0.4) is 0 Å². The zero-order chi connectivity index (χ0) is 21.6. The van der Waals surface area contributed by atoms with Gasteiger partial charge in [0.15, 0.2) is 5.78 Å². The van der Waals surface area contributed by atoms with Gasteiger partial charge in [-0.2, -0.15) is 0 Å². The van der Waals surface area contributed by atoms with Crippen molar-refractivity contribution in [3.05, 3.63) is 78.4 Å². The van der Waals surface area contributed by atoms with Gasteiger partial charge in [-0.25, -0.2) is 9.78 Å². The number of H-pyrrole nitrogens is 1. The van der Waals surface area contributed by atoms with E-state index in [4.69, 9.17) is 0 Å². The third-order valence-corrected chi connectivity index (χ3v) is 4.97. The largest absolute Gasteiger partial charge is 0.345 e. The van der Waals surface area contributed by atoms with Crippen LogP contribution in [0.25, 0.3) is 22.2 Å². The van der Waals surface area contributed by atoms with Gasteiger partial charge in [-0.1, -0.05) is 31.5 Å². The zero-order valence-corrected chi connectivity index (χ0v) is 17.2. The number of ketones is 1. The van der Waals surface area contributed by atoms with Gasteiger partial charge in [-0.3, -0.25) is 9.78 Å². The summed E-state index contributed by atoms with van der Waals surface area (Å²) in [5.74, 6) is -0.147. The Morgan fingerprint density at radius 2 is 1.97 bits per heavy atom. The monoisotopic (exact) mass is 413 g/mol. The molecule has 3 aromatic heterocycles. The van der Waals surface area contributed by atoms with Crippen molar-refractivity contribution in [3.63, 3.8) is 0 Å². The van der Waals surface area contributed by atoms with Crippen molar-refractivity contribution in [2.24, 2.45) is 0 Å². The highest BCUT2D eigenvalue weighted by Gasteiger charge is 2.16. The van der Waals surface area contributed by atoms with E-state index < -0.39 is 0 Å². The normalized spacial score (nSPS) is 10.7. The third-order valence-electron chi connectivity index (χ3n) is 4.97. The molecule has 0 saturated heterocycles. The number of benzene rings is 1. The van der Waals surface area contributed by atoms with Crippen LogP contribution >= 0.6 is 0 Å². The quantitative estimate of drug-likeness (QED) is 0.300. The number of carbonyl (C=O) groups excluding carboxylic acids is 2. The zero-order valence-electron chi connectivity index (χ0n) is 17.2. The summed E-state index contributed by atoms with van der Waals surface area (Å²) in [4.78, 5) is 36.9. The van der Waals surface area contributed by atoms with Crippen LogP contribution in [0.4, 0.5) is 10.5 Å². The molecule has 0 aliphatic heterocycles. The lowest BCUT2D eigenvalue weighted by atomic mass is 10.0. The van der Waals surface area contributed by atoms with E-state index in [0.29, 0.717) is 29.0 Å². The molecule has 0 radical (unpaired) electrons. The number of nitrogens with zero attached hydrogens (tertiary/aromatic N) is 2. The molecule has 0 saturated carbocycles. The Hall–Kier alpha value is -4.00. The van der Waals surface area contributed by atoms with Gasteiger partial charge in [0.05, 0.1) is 0 Å². The third kappa shape index (κ3) is 4.61. The van der Waals surface area contributed by atoms with Crippen molar-refractivity contribution in [1.82, 2.24) is 20.3 Å². The molecule has 0 bridgehead atoms. The number of hydrogen-bond acceptors (Lipinski definition) is 4. The molecular formula is C24H23N5O2. The lowest BCUT2D eigenvalue weighted by Crippen LogP contribution is -2.29. The summed E-state index contributed by atoms with van der Waals surface area (Å²) in [6.07, 6.45) is 8.83. The minimum atomic E-state index is -0.282. The number of fused-ring (bicyclic) bond motifs is 1. The summed E-state index contributed by atoms with van der Waals surface area (Å²) in [6, 6.07) is 12.4. The number of nitrogens with one attached hydrogen (secondary N) is 3. The molecule has 1 aromatic carbocycles. The summed E-state index contributed by atoms with van der Waals surface area (Å²) in [5.41, 5.74) is 4.02. The van der Waals surface area contributed by atoms with Crippen molar-refractivity contribution in [3.8, 4) is 11.1 Å². The molecule has 7 nitrogen and oxygen atoms in total. The summed E-state index contributed by atoms with van der Waals surface area (Å²) >= 11 is 0. The van der Waals surface area contributed by atoms with E-state index in [1.165, 1.54) is 0 Å². The van der Waals surface area contributed by atoms with Gasteiger partial charge >= 0.3 is 6.03 Å². The Labute approximate surface area is 179 Å². The SMILES string of the molecule is CCCCNC(=O)Nc1cccc(C(=O)c2c[nH]c3ncc(-c4cccnc4)cc23)c1. The Balaban J connectivity index is 1.59. The summed E-state index contributed by atoms with van der Waals surface area (Å²) in [6.45, 7) is 2.68. The number of rotatable bonds is 7. The molecule has 0 unspecified atom stereocenters. The molecule has 4 aromatic rings. The van der Waals surface area contributed by atoms with Gasteiger partial charge in [0, 0.05) is 64.7 Å². The topological polar surface area (TPSA) is 99.8 Å². The standard InChI is InChI=1S/C24H23N5O2/c1-2-3-10-26-24(31)29-19-8-4-6-16(11-19)22(30)21-15-28-23-20(21)12-18(14-27-23)17-7-5-9-25-13-17/h4-9,11-15H,2-3,10H2,1H3,(H,27,28)(H2,26,29,31). The number of aromatic amines is 1. The second-order valence-corrected chi connectivity index (χ2v) is 7.21. The first-order valence-corrected chi connectivity index (χ1v) is 10.2. The number of pyridine rings is 2. The minimum absolute atomic E-state index is 0.147. The van der Waals surface area contributed by atoms with Crippen LogP contribution in [0.15, 0.2) is 67.3 Å². The summed E-state index contributed by atoms with van der Waals surface area (Å²) < 4.78 is 0. The molecular weight excluding hydrogens is 390 g/mol. The fourth-order valence-corrected chi connectivity index (χ4v) is 3.33. The molecule has 3 N–H and O–H groups in total. The van der Waals surface area contributed by atoms with E-state index in [0.717, 1.165) is 29.4 Å². The van der Waals surface area contributed by atoms with E-state index in [2.05, 4.69) is 32.5 Å². The maximum atomic E-state index is 13.2. The molecule has 4 rings (SSSR count). The molecule has 156 valence electrons. The number of amides is 2. The summed E-state index contributed by atoms with van der Waals surface area (Å²) in [5, 5.41) is 6.32. The van der Waals surface area contributed by atoms with Gasteiger partial charge < -0.3 is 15.6 Å². The number of unbranched alkanes of at least 4 members (excludes halogenated alkanes) is 1. The van der Waals surface area contributed by atoms with Gasteiger partial charge in [0.25, 0.3) is 0 Å². The van der Waals surface area contributed by atoms with Crippen LogP contribution < -0.4 is 10.6 Å². The van der Waals surface area contributed by atoms with E-state index in [9.17, 15) is 9.59 Å². The van der Waals surface area contributed by atoms with Gasteiger partial charge in [-0.05, 0) is 30.7 Å². The molecule has 2 amide bonds. The number of carbonyl (C=O) groups is 2. The van der Waals surface area contributed by atoms with Crippen LogP contribution in [-0.4, -0.2) is 33.3 Å². The first kappa shape index (κ1) is 20.3. The Kier molecular flexibility index (Phi) is 6.03. The minimum Gasteiger partial charge on any atom is -0.345 e. The first-order chi connectivity index (χ1) is 15.2. The maximum Gasteiger partial charge on any atom is 0.319 e. The molecule has 0 aliphatic carbocycles. The van der Waals surface area contributed by atoms with E-state index >= 15 is 0 Å². The van der Waals surface area contributed by atoms with Gasteiger partial charge in [0.2, 0.25) is 0 Å². The highest BCUT2D eigenvalue weighted by molar-refractivity contribution is 6.16. The predicted octanol–water partition coefficient (Wildman–Crippen LogP) is 4.78. The molecule has 0 spiro atoms. The van der Waals surface area contributed by atoms with Crippen LogP contribution in [0.5, 0.6) is 0 Å². The highest BCUT2D eigenvalue weighted by Crippen LogP contribution is 2.26. The van der Waals surface area contributed by atoms with Crippen LogP contribution in [-0.2, 0) is 0 Å². The van der Waals surface area contributed by atoms with Crippen molar-refractivity contribution in [2.75, 3.05) is 11.9 Å². The first-order valence-electron chi connectivity index (χ1n) is 10.2. The highest BCUT2D eigenvalue weighted by atomic mass is 16.2. The fraction of sp³-hybridized carbons (Fsp3) is 0.167. The van der Waals surface area contributed by atoms with Crippen molar-refractivity contribution < 1.29 is 9.59 Å². The molecule has 0 fully saturated rings. The van der Waals surface area contributed by atoms with Crippen LogP contribution in [0, 0.1) is 0 Å². The second-order valence-electron chi connectivity index (χ2n) is 7.21. The average Bonchev–Trinajstić information content (AvgIpc) is 3.23. The van der Waals surface area contributed by atoms with Crippen molar-refractivity contribution >= 4 is 28.5 Å². The van der Waals surface area contributed by atoms with E-state index in [-0.39, 0.29) is 11.8 Å². The maximum absolute atomic E-state index is 13.2. The van der Waals surface area contributed by atoms with Crippen LogP contribution in [0.2, 0.25) is 0 Å². The number of hydrogen-bond donors (Lipinski definition) is 3. The molecule has 31 heavy (non-hydrogen) atoms. The smallest absolute Gasteiger partial charge is 0.319 e. The van der Waals surface area contributed by atoms with E-state index in [1.807, 2.05) is 18.2 Å². The Bertz CT molecular complexity index is 1220. The van der Waals surface area contributed by atoms with Gasteiger partial charge in [0.1, 0.15) is 5.65 Å². The summed E-state index contributed by atoms with van der Waals surface area (Å²) in [7, 11) is 0. The lowest BCUT2D eigenvalue weighted by molar-refractivity contribution is 0.104. The van der Waals surface area contributed by atoms with Gasteiger partial charge in [-0.15, -0.1) is 0 Å². The molecule has 7 heteroatoms. The fourth-order valence-electron chi connectivity index (χ4n) is 3.33. The van der Waals surface area contributed by atoms with Crippen molar-refractivity contribution in [1.29, 1.82) is 0 Å².